The molecule has 0 saturated heterocycles. The van der Waals surface area contributed by atoms with Crippen molar-refractivity contribution in [1.82, 2.24) is 5.32 Å². The van der Waals surface area contributed by atoms with Gasteiger partial charge in [-0.15, -0.1) is 0 Å². The maximum atomic E-state index is 12.7. The third-order valence-electron chi connectivity index (χ3n) is 2.88. The smallest absolute Gasteiger partial charge is 0.372 e. The van der Waals surface area contributed by atoms with Gasteiger partial charge in [0.2, 0.25) is 0 Å². The molecule has 0 saturated carbocycles. The van der Waals surface area contributed by atoms with E-state index in [9.17, 15) is 13.2 Å². The lowest BCUT2D eigenvalue weighted by Gasteiger charge is -2.25. The van der Waals surface area contributed by atoms with Crippen LogP contribution in [-0.2, 0) is 12.7 Å². The SMILES string of the molecule is CCN(CC)c1ccc(C(F)(F)F)cc1CNC. The minimum Gasteiger partial charge on any atom is -0.372 e. The predicted octanol–water partition coefficient (Wildman–Crippen LogP) is 3.27. The first-order chi connectivity index (χ1) is 8.43. The summed E-state index contributed by atoms with van der Waals surface area (Å²) in [6, 6.07) is 3.93. The number of benzene rings is 1. The lowest BCUT2D eigenvalue weighted by molar-refractivity contribution is -0.137. The van der Waals surface area contributed by atoms with Gasteiger partial charge in [0.1, 0.15) is 0 Å². The minimum atomic E-state index is -4.29. The average Bonchev–Trinajstić information content (AvgIpc) is 2.31. The molecule has 18 heavy (non-hydrogen) atoms. The lowest BCUT2D eigenvalue weighted by atomic mass is 10.1. The summed E-state index contributed by atoms with van der Waals surface area (Å²) in [5.41, 5.74) is 0.946. The van der Waals surface area contributed by atoms with Crippen LogP contribution < -0.4 is 10.2 Å². The first kappa shape index (κ1) is 14.8. The second-order valence-electron chi connectivity index (χ2n) is 4.04. The molecule has 0 atom stereocenters. The van der Waals surface area contributed by atoms with Gasteiger partial charge in [0.25, 0.3) is 0 Å². The zero-order valence-corrected chi connectivity index (χ0v) is 10.9. The topological polar surface area (TPSA) is 15.3 Å². The largest absolute Gasteiger partial charge is 0.416 e. The fourth-order valence-corrected chi connectivity index (χ4v) is 1.97. The van der Waals surface area contributed by atoms with Gasteiger partial charge in [0.05, 0.1) is 5.56 Å². The molecule has 0 amide bonds. The number of nitrogens with zero attached hydrogens (tertiary/aromatic N) is 1. The standard InChI is InChI=1S/C13H19F3N2/c1-4-18(5-2)12-7-6-11(13(14,15)16)8-10(12)9-17-3/h6-8,17H,4-5,9H2,1-3H3. The van der Waals surface area contributed by atoms with Crippen LogP contribution in [0.3, 0.4) is 0 Å². The number of hydrogen-bond acceptors (Lipinski definition) is 2. The third-order valence-corrected chi connectivity index (χ3v) is 2.88. The highest BCUT2D eigenvalue weighted by molar-refractivity contribution is 5.55. The second kappa shape index (κ2) is 6.09. The van der Waals surface area contributed by atoms with Crippen molar-refractivity contribution in [2.75, 3.05) is 25.0 Å². The number of halogens is 3. The molecular formula is C13H19F3N2. The Morgan fingerprint density at radius 3 is 2.22 bits per heavy atom. The molecule has 0 aliphatic carbocycles. The molecule has 1 aromatic rings. The van der Waals surface area contributed by atoms with Gasteiger partial charge >= 0.3 is 6.18 Å². The van der Waals surface area contributed by atoms with E-state index >= 15 is 0 Å². The van der Waals surface area contributed by atoms with Crippen molar-refractivity contribution in [3.8, 4) is 0 Å². The van der Waals surface area contributed by atoms with Gasteiger partial charge in [-0.3, -0.25) is 0 Å². The molecule has 1 aromatic carbocycles. The maximum Gasteiger partial charge on any atom is 0.416 e. The van der Waals surface area contributed by atoms with Crippen molar-refractivity contribution in [2.24, 2.45) is 0 Å². The van der Waals surface area contributed by atoms with Crippen molar-refractivity contribution in [2.45, 2.75) is 26.6 Å². The van der Waals surface area contributed by atoms with Crippen LogP contribution in [0.15, 0.2) is 18.2 Å². The first-order valence-corrected chi connectivity index (χ1v) is 6.03. The van der Waals surface area contributed by atoms with Crippen LogP contribution >= 0.6 is 0 Å². The number of alkyl halides is 3. The van der Waals surface area contributed by atoms with Crippen molar-refractivity contribution in [3.63, 3.8) is 0 Å². The summed E-state index contributed by atoms with van der Waals surface area (Å²) in [5, 5.41) is 2.91. The van der Waals surface area contributed by atoms with E-state index in [0.29, 0.717) is 12.1 Å². The van der Waals surface area contributed by atoms with Gasteiger partial charge in [-0.05, 0) is 44.7 Å². The van der Waals surface area contributed by atoms with E-state index in [0.717, 1.165) is 24.8 Å². The molecule has 102 valence electrons. The van der Waals surface area contributed by atoms with Crippen LogP contribution in [0.25, 0.3) is 0 Å². The maximum absolute atomic E-state index is 12.7. The molecule has 5 heteroatoms. The van der Waals surface area contributed by atoms with Crippen LogP contribution in [-0.4, -0.2) is 20.1 Å². The van der Waals surface area contributed by atoms with E-state index in [-0.39, 0.29) is 0 Å². The van der Waals surface area contributed by atoms with E-state index in [1.54, 1.807) is 13.1 Å². The Balaban J connectivity index is 3.19. The van der Waals surface area contributed by atoms with Crippen LogP contribution in [0.4, 0.5) is 18.9 Å². The molecule has 0 spiro atoms. The molecule has 0 aliphatic rings. The van der Waals surface area contributed by atoms with Crippen LogP contribution in [0.1, 0.15) is 25.0 Å². The van der Waals surface area contributed by atoms with Gasteiger partial charge in [0, 0.05) is 25.3 Å². The quantitative estimate of drug-likeness (QED) is 0.874. The summed E-state index contributed by atoms with van der Waals surface area (Å²) >= 11 is 0. The monoisotopic (exact) mass is 260 g/mol. The van der Waals surface area contributed by atoms with E-state index in [1.807, 2.05) is 18.7 Å². The van der Waals surface area contributed by atoms with Crippen LogP contribution in [0.5, 0.6) is 0 Å². The van der Waals surface area contributed by atoms with Gasteiger partial charge in [-0.25, -0.2) is 0 Å². The number of anilines is 1. The molecule has 1 N–H and O–H groups in total. The van der Waals surface area contributed by atoms with E-state index in [1.165, 1.54) is 6.07 Å². The average molecular weight is 260 g/mol. The zero-order chi connectivity index (χ0) is 13.8. The van der Waals surface area contributed by atoms with Crippen molar-refractivity contribution >= 4 is 5.69 Å². The second-order valence-corrected chi connectivity index (χ2v) is 4.04. The highest BCUT2D eigenvalue weighted by Crippen LogP contribution is 2.32. The van der Waals surface area contributed by atoms with E-state index in [4.69, 9.17) is 0 Å². The molecule has 2 nitrogen and oxygen atoms in total. The van der Waals surface area contributed by atoms with Gasteiger partial charge in [-0.2, -0.15) is 13.2 Å². The van der Waals surface area contributed by atoms with E-state index < -0.39 is 11.7 Å². The molecule has 0 unspecified atom stereocenters. The van der Waals surface area contributed by atoms with Crippen molar-refractivity contribution in [3.05, 3.63) is 29.3 Å². The summed E-state index contributed by atoms with van der Waals surface area (Å²) in [6.45, 7) is 5.96. The summed E-state index contributed by atoms with van der Waals surface area (Å²) in [4.78, 5) is 2.05. The Labute approximate surface area is 106 Å². The Hall–Kier alpha value is -1.23. The molecular weight excluding hydrogens is 241 g/mol. The molecule has 0 aromatic heterocycles. The Bertz CT molecular complexity index is 384. The van der Waals surface area contributed by atoms with Crippen LogP contribution in [0, 0.1) is 0 Å². The number of nitrogens with one attached hydrogen (secondary N) is 1. The molecule has 1 rings (SSSR count). The fourth-order valence-electron chi connectivity index (χ4n) is 1.97. The molecule has 0 heterocycles. The van der Waals surface area contributed by atoms with Crippen molar-refractivity contribution in [1.29, 1.82) is 0 Å². The van der Waals surface area contributed by atoms with Gasteiger partial charge in [-0.1, -0.05) is 0 Å². The first-order valence-electron chi connectivity index (χ1n) is 6.03. The summed E-state index contributed by atoms with van der Waals surface area (Å²) < 4.78 is 38.0. The fraction of sp³-hybridized carbons (Fsp3) is 0.538. The Kier molecular flexibility index (Phi) is 5.02. The Morgan fingerprint density at radius 2 is 1.78 bits per heavy atom. The molecule has 0 fully saturated rings. The highest BCUT2D eigenvalue weighted by atomic mass is 19.4. The predicted molar refractivity (Wildman–Crippen MR) is 67.8 cm³/mol. The zero-order valence-electron chi connectivity index (χ0n) is 10.9. The summed E-state index contributed by atoms with van der Waals surface area (Å²) in [6.07, 6.45) is -4.29. The Morgan fingerprint density at radius 1 is 1.17 bits per heavy atom. The van der Waals surface area contributed by atoms with E-state index in [2.05, 4.69) is 5.32 Å². The minimum absolute atomic E-state index is 0.426. The van der Waals surface area contributed by atoms with Crippen LogP contribution in [0.2, 0.25) is 0 Å². The highest BCUT2D eigenvalue weighted by Gasteiger charge is 2.31. The van der Waals surface area contributed by atoms with Gasteiger partial charge < -0.3 is 10.2 Å². The normalized spacial score (nSPS) is 11.7. The molecule has 0 bridgehead atoms. The summed E-state index contributed by atoms with van der Waals surface area (Å²) in [7, 11) is 1.73. The lowest BCUT2D eigenvalue weighted by Crippen LogP contribution is -2.24. The molecule has 0 radical (unpaired) electrons. The number of hydrogen-bond donors (Lipinski definition) is 1. The third kappa shape index (κ3) is 3.38. The molecule has 0 aliphatic heterocycles. The number of rotatable bonds is 5. The van der Waals surface area contributed by atoms with Gasteiger partial charge in [0.15, 0.2) is 0 Å². The van der Waals surface area contributed by atoms with Crippen molar-refractivity contribution < 1.29 is 13.2 Å². The summed E-state index contributed by atoms with van der Waals surface area (Å²) in [5.74, 6) is 0.